The maximum atomic E-state index is 12.7. The van der Waals surface area contributed by atoms with Crippen LogP contribution in [0.3, 0.4) is 0 Å². The third kappa shape index (κ3) is 7.22. The largest absolute Gasteiger partial charge is 0.481 e. The predicted molar refractivity (Wildman–Crippen MR) is 107 cm³/mol. The summed E-state index contributed by atoms with van der Waals surface area (Å²) in [5.41, 5.74) is 1.07. The van der Waals surface area contributed by atoms with Gasteiger partial charge < -0.3 is 15.7 Å². The quantitative estimate of drug-likeness (QED) is 0.524. The third-order valence-electron chi connectivity index (χ3n) is 3.88. The average molecular weight is 433 g/mol. The molecule has 0 heterocycles. The van der Waals surface area contributed by atoms with E-state index in [1.807, 2.05) is 6.07 Å². The van der Waals surface area contributed by atoms with Crippen molar-refractivity contribution in [2.75, 3.05) is 5.32 Å². The maximum Gasteiger partial charge on any atom is 0.303 e. The van der Waals surface area contributed by atoms with E-state index in [2.05, 4.69) is 26.6 Å². The van der Waals surface area contributed by atoms with Gasteiger partial charge in [-0.1, -0.05) is 46.6 Å². The number of nitrogens with one attached hydrogen (secondary N) is 2. The number of carboxylic acid groups (broad SMARTS) is 1. The summed E-state index contributed by atoms with van der Waals surface area (Å²) >= 11 is 3.35. The van der Waals surface area contributed by atoms with Crippen molar-refractivity contribution in [3.63, 3.8) is 0 Å². The van der Waals surface area contributed by atoms with Crippen molar-refractivity contribution in [2.24, 2.45) is 0 Å². The van der Waals surface area contributed by atoms with E-state index in [0.717, 1.165) is 4.47 Å². The first-order valence-corrected chi connectivity index (χ1v) is 9.39. The van der Waals surface area contributed by atoms with Crippen LogP contribution >= 0.6 is 15.9 Å². The second kappa shape index (κ2) is 10.5. The molecule has 0 bridgehead atoms. The van der Waals surface area contributed by atoms with Gasteiger partial charge in [0, 0.05) is 22.1 Å². The lowest BCUT2D eigenvalue weighted by Crippen LogP contribution is -2.43. The lowest BCUT2D eigenvalue weighted by atomic mass is 10.1. The number of unbranched alkanes of at least 4 members (excludes halogenated alkanes) is 1. The van der Waals surface area contributed by atoms with Crippen LogP contribution in [0.1, 0.15) is 36.0 Å². The van der Waals surface area contributed by atoms with Crippen LogP contribution in [-0.2, 0) is 9.59 Å². The lowest BCUT2D eigenvalue weighted by Gasteiger charge is -2.18. The number of anilines is 1. The molecule has 0 aliphatic rings. The van der Waals surface area contributed by atoms with E-state index >= 15 is 0 Å². The van der Waals surface area contributed by atoms with Gasteiger partial charge >= 0.3 is 5.97 Å². The van der Waals surface area contributed by atoms with E-state index in [4.69, 9.17) is 5.11 Å². The highest BCUT2D eigenvalue weighted by Crippen LogP contribution is 2.16. The van der Waals surface area contributed by atoms with Gasteiger partial charge in [-0.2, -0.15) is 0 Å². The number of rotatable bonds is 9. The Labute approximate surface area is 166 Å². The van der Waals surface area contributed by atoms with Crippen molar-refractivity contribution < 1.29 is 19.5 Å². The number of carbonyl (C=O) groups excluding carboxylic acids is 2. The van der Waals surface area contributed by atoms with Crippen LogP contribution in [0.25, 0.3) is 0 Å². The normalized spacial score (nSPS) is 11.4. The number of carbonyl (C=O) groups is 3. The molecule has 2 amide bonds. The Kier molecular flexibility index (Phi) is 8.00. The average Bonchev–Trinajstić information content (AvgIpc) is 2.64. The molecule has 0 saturated carbocycles. The molecule has 0 aliphatic heterocycles. The molecule has 1 atom stereocenters. The van der Waals surface area contributed by atoms with Crippen molar-refractivity contribution in [3.05, 3.63) is 64.6 Å². The molecule has 27 heavy (non-hydrogen) atoms. The van der Waals surface area contributed by atoms with Gasteiger partial charge in [-0.25, -0.2) is 0 Å². The number of aliphatic carboxylic acids is 1. The molecule has 7 heteroatoms. The summed E-state index contributed by atoms with van der Waals surface area (Å²) in [6.07, 6.45) is 1.34. The van der Waals surface area contributed by atoms with Gasteiger partial charge in [0.25, 0.3) is 5.91 Å². The number of halogens is 1. The van der Waals surface area contributed by atoms with Gasteiger partial charge in [0.2, 0.25) is 5.91 Å². The highest BCUT2D eigenvalue weighted by atomic mass is 79.9. The zero-order valence-electron chi connectivity index (χ0n) is 14.7. The van der Waals surface area contributed by atoms with Crippen LogP contribution < -0.4 is 10.6 Å². The first-order chi connectivity index (χ1) is 13.0. The molecule has 2 rings (SSSR count). The Hall–Kier alpha value is -2.67. The van der Waals surface area contributed by atoms with Crippen LogP contribution in [0.4, 0.5) is 5.69 Å². The van der Waals surface area contributed by atoms with Gasteiger partial charge in [-0.05, 0) is 43.2 Å². The standard InChI is InChI=1S/C20H21BrN2O4/c21-15-9-6-10-16(13-15)22-20(27)17(11-4-5-12-18(24)25)23-19(26)14-7-2-1-3-8-14/h1-3,6-10,13,17H,4-5,11-12H2,(H,22,27)(H,23,26)(H,24,25). The molecule has 1 unspecified atom stereocenters. The molecule has 2 aromatic carbocycles. The fraction of sp³-hybridized carbons (Fsp3) is 0.250. The molecular formula is C20H21BrN2O4. The molecule has 142 valence electrons. The second-order valence-corrected chi connectivity index (χ2v) is 6.95. The number of carboxylic acids is 1. The van der Waals surface area contributed by atoms with E-state index in [-0.39, 0.29) is 18.2 Å². The van der Waals surface area contributed by atoms with Gasteiger partial charge in [0.15, 0.2) is 0 Å². The minimum Gasteiger partial charge on any atom is -0.481 e. The Bertz CT molecular complexity index is 796. The Balaban J connectivity index is 2.04. The first-order valence-electron chi connectivity index (χ1n) is 8.60. The molecule has 0 fully saturated rings. The smallest absolute Gasteiger partial charge is 0.303 e. The van der Waals surface area contributed by atoms with E-state index < -0.39 is 12.0 Å². The molecule has 0 spiro atoms. The van der Waals surface area contributed by atoms with Gasteiger partial charge in [-0.15, -0.1) is 0 Å². The summed E-state index contributed by atoms with van der Waals surface area (Å²) in [5, 5.41) is 14.3. The fourth-order valence-electron chi connectivity index (χ4n) is 2.52. The minimum atomic E-state index is -0.876. The van der Waals surface area contributed by atoms with E-state index in [1.165, 1.54) is 0 Å². The highest BCUT2D eigenvalue weighted by molar-refractivity contribution is 9.10. The van der Waals surface area contributed by atoms with E-state index in [0.29, 0.717) is 30.5 Å². The third-order valence-corrected chi connectivity index (χ3v) is 4.38. The summed E-state index contributed by atoms with van der Waals surface area (Å²) < 4.78 is 0.826. The Morgan fingerprint density at radius 3 is 2.41 bits per heavy atom. The molecule has 0 aliphatic carbocycles. The summed E-state index contributed by atoms with van der Waals surface area (Å²) in [6, 6.07) is 15.0. The first kappa shape index (κ1) is 20.6. The number of hydrogen-bond donors (Lipinski definition) is 3. The SMILES string of the molecule is O=C(O)CCCCC(NC(=O)c1ccccc1)C(=O)Nc1cccc(Br)c1. The second-order valence-electron chi connectivity index (χ2n) is 6.03. The van der Waals surface area contributed by atoms with Crippen molar-refractivity contribution in [1.82, 2.24) is 5.32 Å². The molecule has 0 aromatic heterocycles. The van der Waals surface area contributed by atoms with Crippen molar-refractivity contribution in [2.45, 2.75) is 31.7 Å². The van der Waals surface area contributed by atoms with Crippen LogP contribution in [0.2, 0.25) is 0 Å². The van der Waals surface area contributed by atoms with E-state index in [1.54, 1.807) is 48.5 Å². The predicted octanol–water partition coefficient (Wildman–Crippen LogP) is 3.83. The molecule has 3 N–H and O–H groups in total. The Morgan fingerprint density at radius 2 is 1.74 bits per heavy atom. The summed E-state index contributed by atoms with van der Waals surface area (Å²) in [5.74, 6) is -1.56. The van der Waals surface area contributed by atoms with Gasteiger partial charge in [0.05, 0.1) is 0 Å². The molecule has 6 nitrogen and oxygen atoms in total. The maximum absolute atomic E-state index is 12.7. The molecule has 0 radical (unpaired) electrons. The molecular weight excluding hydrogens is 412 g/mol. The van der Waals surface area contributed by atoms with Crippen molar-refractivity contribution in [1.29, 1.82) is 0 Å². The zero-order valence-corrected chi connectivity index (χ0v) is 16.2. The fourth-order valence-corrected chi connectivity index (χ4v) is 2.92. The van der Waals surface area contributed by atoms with Crippen molar-refractivity contribution in [3.8, 4) is 0 Å². The lowest BCUT2D eigenvalue weighted by molar-refractivity contribution is -0.137. The topological polar surface area (TPSA) is 95.5 Å². The van der Waals surface area contributed by atoms with Crippen LogP contribution in [-0.4, -0.2) is 28.9 Å². The number of benzene rings is 2. The molecule has 0 saturated heterocycles. The van der Waals surface area contributed by atoms with Gasteiger partial charge in [-0.3, -0.25) is 14.4 Å². The van der Waals surface area contributed by atoms with Crippen LogP contribution in [0.15, 0.2) is 59.1 Å². The number of hydrogen-bond acceptors (Lipinski definition) is 3. The van der Waals surface area contributed by atoms with Crippen LogP contribution in [0, 0.1) is 0 Å². The van der Waals surface area contributed by atoms with Crippen LogP contribution in [0.5, 0.6) is 0 Å². The highest BCUT2D eigenvalue weighted by Gasteiger charge is 2.21. The minimum absolute atomic E-state index is 0.0343. The van der Waals surface area contributed by atoms with Crippen molar-refractivity contribution >= 4 is 39.4 Å². The summed E-state index contributed by atoms with van der Waals surface area (Å²) in [7, 11) is 0. The number of amides is 2. The monoisotopic (exact) mass is 432 g/mol. The Morgan fingerprint density at radius 1 is 1.00 bits per heavy atom. The van der Waals surface area contributed by atoms with E-state index in [9.17, 15) is 14.4 Å². The zero-order chi connectivity index (χ0) is 19.6. The summed E-state index contributed by atoms with van der Waals surface area (Å²) in [6.45, 7) is 0. The van der Waals surface area contributed by atoms with Gasteiger partial charge in [0.1, 0.15) is 6.04 Å². The molecule has 2 aromatic rings. The summed E-state index contributed by atoms with van der Waals surface area (Å²) in [4.78, 5) is 35.7.